The maximum absolute atomic E-state index is 5.41. The lowest BCUT2D eigenvalue weighted by Crippen LogP contribution is -2.23. The van der Waals surface area contributed by atoms with Crippen LogP contribution in [0.4, 0.5) is 0 Å². The van der Waals surface area contributed by atoms with E-state index in [1.807, 2.05) is 0 Å². The van der Waals surface area contributed by atoms with Gasteiger partial charge in [0.1, 0.15) is 0 Å². The molecule has 15 heavy (non-hydrogen) atoms. The Morgan fingerprint density at radius 2 is 1.47 bits per heavy atom. The van der Waals surface area contributed by atoms with Crippen LogP contribution in [0.5, 0.6) is 0 Å². The number of hydrogen-bond donors (Lipinski definition) is 0. The van der Waals surface area contributed by atoms with E-state index in [4.69, 9.17) is 9.47 Å². The van der Waals surface area contributed by atoms with Crippen LogP contribution in [0.2, 0.25) is 0 Å². The van der Waals surface area contributed by atoms with Crippen molar-refractivity contribution in [2.75, 3.05) is 20.8 Å². The molecule has 0 spiro atoms. The Balaban J connectivity index is 3.74. The van der Waals surface area contributed by atoms with Gasteiger partial charge >= 0.3 is 0 Å². The van der Waals surface area contributed by atoms with Gasteiger partial charge in [-0.3, -0.25) is 0 Å². The highest BCUT2D eigenvalue weighted by molar-refractivity contribution is 4.73. The second-order valence-electron chi connectivity index (χ2n) is 5.72. The van der Waals surface area contributed by atoms with E-state index < -0.39 is 0 Å². The van der Waals surface area contributed by atoms with Crippen molar-refractivity contribution in [1.82, 2.24) is 0 Å². The third-order valence-corrected chi connectivity index (χ3v) is 3.17. The molecule has 0 aromatic carbocycles. The summed E-state index contributed by atoms with van der Waals surface area (Å²) in [4.78, 5) is 0. The molecule has 2 nitrogen and oxygen atoms in total. The average Bonchev–Trinajstić information content (AvgIpc) is 2.14. The Bertz CT molecular complexity index is 162. The van der Waals surface area contributed by atoms with Crippen molar-refractivity contribution in [3.05, 3.63) is 0 Å². The lowest BCUT2D eigenvalue weighted by molar-refractivity contribution is 0.0108. The zero-order valence-corrected chi connectivity index (χ0v) is 11.4. The molecule has 0 saturated carbocycles. The number of ether oxygens (including phenoxy) is 2. The quantitative estimate of drug-likeness (QED) is 0.616. The summed E-state index contributed by atoms with van der Waals surface area (Å²) in [6, 6.07) is 0. The van der Waals surface area contributed by atoms with Gasteiger partial charge in [-0.05, 0) is 38.5 Å². The molecule has 0 heterocycles. The molecule has 0 bridgehead atoms. The third-order valence-electron chi connectivity index (χ3n) is 3.17. The molecule has 0 aromatic heterocycles. The van der Waals surface area contributed by atoms with Crippen molar-refractivity contribution in [3.8, 4) is 0 Å². The van der Waals surface area contributed by atoms with E-state index in [-0.39, 0.29) is 5.60 Å². The fourth-order valence-electron chi connectivity index (χ4n) is 1.60. The SMILES string of the molecule is COCCC(C)(C)CCCC(C)(C)OC. The Kier molecular flexibility index (Phi) is 6.46. The van der Waals surface area contributed by atoms with Gasteiger partial charge < -0.3 is 9.47 Å². The fourth-order valence-corrected chi connectivity index (χ4v) is 1.60. The summed E-state index contributed by atoms with van der Waals surface area (Å²) in [6.07, 6.45) is 4.72. The predicted octanol–water partition coefficient (Wildman–Crippen LogP) is 3.64. The smallest absolute Gasteiger partial charge is 0.0622 e. The minimum atomic E-state index is 0.0251. The molecule has 0 aliphatic carbocycles. The molecule has 0 atom stereocenters. The van der Waals surface area contributed by atoms with E-state index in [1.54, 1.807) is 14.2 Å². The van der Waals surface area contributed by atoms with E-state index in [9.17, 15) is 0 Å². The van der Waals surface area contributed by atoms with Gasteiger partial charge in [0.2, 0.25) is 0 Å². The molecule has 0 amide bonds. The average molecular weight is 216 g/mol. The summed E-state index contributed by atoms with van der Waals surface area (Å²) in [6.45, 7) is 9.78. The molecule has 0 saturated heterocycles. The molecule has 2 heteroatoms. The predicted molar refractivity (Wildman–Crippen MR) is 65.2 cm³/mol. The van der Waals surface area contributed by atoms with Crippen LogP contribution >= 0.6 is 0 Å². The maximum atomic E-state index is 5.41. The first-order valence-electron chi connectivity index (χ1n) is 5.87. The van der Waals surface area contributed by atoms with Gasteiger partial charge in [0.25, 0.3) is 0 Å². The van der Waals surface area contributed by atoms with Gasteiger partial charge in [-0.1, -0.05) is 20.3 Å². The van der Waals surface area contributed by atoms with E-state index in [0.29, 0.717) is 5.41 Å². The highest BCUT2D eigenvalue weighted by Crippen LogP contribution is 2.29. The van der Waals surface area contributed by atoms with Crippen molar-refractivity contribution in [2.45, 2.75) is 59.0 Å². The first-order valence-corrected chi connectivity index (χ1v) is 5.87. The van der Waals surface area contributed by atoms with Gasteiger partial charge in [0.05, 0.1) is 5.60 Å². The molecule has 0 aliphatic rings. The number of rotatable bonds is 8. The molecule has 92 valence electrons. The second kappa shape index (κ2) is 6.49. The van der Waals surface area contributed by atoms with Gasteiger partial charge in [-0.25, -0.2) is 0 Å². The Labute approximate surface area is 95.3 Å². The summed E-state index contributed by atoms with van der Waals surface area (Å²) in [5.74, 6) is 0. The van der Waals surface area contributed by atoms with Gasteiger partial charge in [-0.2, -0.15) is 0 Å². The van der Waals surface area contributed by atoms with Crippen molar-refractivity contribution in [3.63, 3.8) is 0 Å². The molecular weight excluding hydrogens is 188 g/mol. The van der Waals surface area contributed by atoms with Crippen LogP contribution in [0.15, 0.2) is 0 Å². The number of methoxy groups -OCH3 is 2. The minimum Gasteiger partial charge on any atom is -0.385 e. The molecule has 0 aromatic rings. The lowest BCUT2D eigenvalue weighted by Gasteiger charge is -2.27. The third kappa shape index (κ3) is 7.80. The monoisotopic (exact) mass is 216 g/mol. The second-order valence-corrected chi connectivity index (χ2v) is 5.72. The van der Waals surface area contributed by atoms with E-state index in [2.05, 4.69) is 27.7 Å². The summed E-state index contributed by atoms with van der Waals surface area (Å²) < 4.78 is 10.5. The zero-order chi connectivity index (χ0) is 11.9. The molecular formula is C13H28O2. The van der Waals surface area contributed by atoms with Gasteiger partial charge in [-0.15, -0.1) is 0 Å². The topological polar surface area (TPSA) is 18.5 Å². The normalized spacial score (nSPS) is 13.2. The summed E-state index contributed by atoms with van der Waals surface area (Å²) in [5.41, 5.74) is 0.414. The van der Waals surface area contributed by atoms with E-state index in [1.165, 1.54) is 12.8 Å². The molecule has 0 N–H and O–H groups in total. The molecule has 0 unspecified atom stereocenters. The highest BCUT2D eigenvalue weighted by Gasteiger charge is 2.20. The van der Waals surface area contributed by atoms with Crippen molar-refractivity contribution >= 4 is 0 Å². The van der Waals surface area contributed by atoms with Gasteiger partial charge in [0.15, 0.2) is 0 Å². The lowest BCUT2D eigenvalue weighted by atomic mass is 9.83. The van der Waals surface area contributed by atoms with Crippen molar-refractivity contribution in [2.24, 2.45) is 5.41 Å². The van der Waals surface area contributed by atoms with Crippen LogP contribution in [0.3, 0.4) is 0 Å². The first kappa shape index (κ1) is 14.9. The van der Waals surface area contributed by atoms with Crippen LogP contribution in [-0.4, -0.2) is 26.4 Å². The zero-order valence-electron chi connectivity index (χ0n) is 11.4. The maximum Gasteiger partial charge on any atom is 0.0622 e. The number of hydrogen-bond acceptors (Lipinski definition) is 2. The van der Waals surface area contributed by atoms with Crippen LogP contribution in [0, 0.1) is 5.41 Å². The molecule has 0 fully saturated rings. The van der Waals surface area contributed by atoms with E-state index in [0.717, 1.165) is 19.4 Å². The van der Waals surface area contributed by atoms with Crippen LogP contribution < -0.4 is 0 Å². The fraction of sp³-hybridized carbons (Fsp3) is 1.00. The summed E-state index contributed by atoms with van der Waals surface area (Å²) >= 11 is 0. The van der Waals surface area contributed by atoms with Gasteiger partial charge in [0, 0.05) is 20.8 Å². The van der Waals surface area contributed by atoms with Crippen LogP contribution in [0.25, 0.3) is 0 Å². The molecule has 0 radical (unpaired) electrons. The molecule has 0 rings (SSSR count). The van der Waals surface area contributed by atoms with Crippen LogP contribution in [-0.2, 0) is 9.47 Å². The van der Waals surface area contributed by atoms with Crippen LogP contribution in [0.1, 0.15) is 53.4 Å². The van der Waals surface area contributed by atoms with Crippen molar-refractivity contribution in [1.29, 1.82) is 0 Å². The Hall–Kier alpha value is -0.0800. The minimum absolute atomic E-state index is 0.0251. The molecule has 0 aliphatic heterocycles. The largest absolute Gasteiger partial charge is 0.385 e. The standard InChI is InChI=1S/C13H28O2/c1-12(2,10-11-14-5)8-7-9-13(3,4)15-6/h7-11H2,1-6H3. The summed E-state index contributed by atoms with van der Waals surface area (Å²) in [7, 11) is 3.56. The highest BCUT2D eigenvalue weighted by atomic mass is 16.5. The summed E-state index contributed by atoms with van der Waals surface area (Å²) in [5, 5.41) is 0. The van der Waals surface area contributed by atoms with E-state index >= 15 is 0 Å². The van der Waals surface area contributed by atoms with Crippen molar-refractivity contribution < 1.29 is 9.47 Å². The Morgan fingerprint density at radius 1 is 0.867 bits per heavy atom. The first-order chi connectivity index (χ1) is 6.83. The Morgan fingerprint density at radius 3 is 1.93 bits per heavy atom.